The largest absolute Gasteiger partial charge is 0.497 e. The first kappa shape index (κ1) is 20.1. The molecule has 0 atom stereocenters. The van der Waals surface area contributed by atoms with Crippen LogP contribution in [-0.2, 0) is 4.79 Å². The molecule has 0 aliphatic heterocycles. The molecule has 3 N–H and O–H groups in total. The number of ether oxygens (including phenoxy) is 2. The minimum absolute atomic E-state index is 0.0375. The topological polar surface area (TPSA) is 88.7 Å². The molecule has 0 heterocycles. The number of nitrogens with one attached hydrogen (secondary N) is 3. The Kier molecular flexibility index (Phi) is 7.49. The maximum absolute atomic E-state index is 12.2. The fraction of sp³-hybridized carbons (Fsp3) is 0.300. The SMILES string of the molecule is CCCNC(=O)c1cccc(NC(=O)CNc2cc(OC)ccc2OC)c1. The molecule has 0 radical (unpaired) electrons. The molecule has 0 aliphatic rings. The van der Waals surface area contributed by atoms with E-state index in [1.54, 1.807) is 56.7 Å². The van der Waals surface area contributed by atoms with Crippen molar-refractivity contribution < 1.29 is 19.1 Å². The average molecular weight is 371 g/mol. The van der Waals surface area contributed by atoms with Gasteiger partial charge in [0.1, 0.15) is 11.5 Å². The van der Waals surface area contributed by atoms with Gasteiger partial charge in [-0.3, -0.25) is 9.59 Å². The van der Waals surface area contributed by atoms with Gasteiger partial charge in [0.15, 0.2) is 0 Å². The highest BCUT2D eigenvalue weighted by atomic mass is 16.5. The zero-order valence-electron chi connectivity index (χ0n) is 15.8. The van der Waals surface area contributed by atoms with Crippen molar-refractivity contribution in [1.82, 2.24) is 5.32 Å². The lowest BCUT2D eigenvalue weighted by atomic mass is 10.2. The third kappa shape index (κ3) is 5.91. The van der Waals surface area contributed by atoms with E-state index in [2.05, 4.69) is 16.0 Å². The van der Waals surface area contributed by atoms with Gasteiger partial charge in [0.25, 0.3) is 5.91 Å². The number of methoxy groups -OCH3 is 2. The number of anilines is 2. The van der Waals surface area contributed by atoms with Crippen LogP contribution in [0.3, 0.4) is 0 Å². The quantitative estimate of drug-likeness (QED) is 0.631. The number of amides is 2. The summed E-state index contributed by atoms with van der Waals surface area (Å²) in [5.41, 5.74) is 1.71. The van der Waals surface area contributed by atoms with E-state index < -0.39 is 0 Å². The molecule has 0 unspecified atom stereocenters. The standard InChI is InChI=1S/C20H25N3O4/c1-4-10-21-20(25)14-6-5-7-15(11-14)23-19(24)13-22-17-12-16(26-2)8-9-18(17)27-3/h5-9,11-12,22H,4,10,13H2,1-3H3,(H,21,25)(H,23,24). The Balaban J connectivity index is 1.97. The third-order valence-electron chi connectivity index (χ3n) is 3.79. The summed E-state index contributed by atoms with van der Waals surface area (Å²) < 4.78 is 10.5. The van der Waals surface area contributed by atoms with Crippen LogP contribution < -0.4 is 25.4 Å². The Labute approximate surface area is 159 Å². The van der Waals surface area contributed by atoms with Crippen LogP contribution in [-0.4, -0.2) is 39.1 Å². The van der Waals surface area contributed by atoms with E-state index in [1.165, 1.54) is 0 Å². The van der Waals surface area contributed by atoms with Gasteiger partial charge in [0.2, 0.25) is 5.91 Å². The van der Waals surface area contributed by atoms with Gasteiger partial charge in [-0.05, 0) is 36.8 Å². The van der Waals surface area contributed by atoms with Crippen LogP contribution in [0.5, 0.6) is 11.5 Å². The Morgan fingerprint density at radius 1 is 1.04 bits per heavy atom. The van der Waals surface area contributed by atoms with E-state index in [9.17, 15) is 9.59 Å². The monoisotopic (exact) mass is 371 g/mol. The Morgan fingerprint density at radius 2 is 1.85 bits per heavy atom. The summed E-state index contributed by atoms with van der Waals surface area (Å²) in [6.07, 6.45) is 0.863. The molecule has 0 bridgehead atoms. The van der Waals surface area contributed by atoms with Crippen LogP contribution in [0.2, 0.25) is 0 Å². The number of rotatable bonds is 9. The predicted octanol–water partition coefficient (Wildman–Crippen LogP) is 2.89. The number of benzene rings is 2. The molecule has 0 aliphatic carbocycles. The van der Waals surface area contributed by atoms with Crippen molar-refractivity contribution in [2.24, 2.45) is 0 Å². The Bertz CT molecular complexity index is 793. The molecular formula is C20H25N3O4. The van der Waals surface area contributed by atoms with Crippen molar-refractivity contribution in [3.05, 3.63) is 48.0 Å². The summed E-state index contributed by atoms with van der Waals surface area (Å²) in [7, 11) is 3.13. The summed E-state index contributed by atoms with van der Waals surface area (Å²) in [4.78, 5) is 24.3. The highest BCUT2D eigenvalue weighted by molar-refractivity contribution is 5.98. The van der Waals surface area contributed by atoms with Gasteiger partial charge in [-0.2, -0.15) is 0 Å². The number of hydrogen-bond acceptors (Lipinski definition) is 5. The first-order valence-corrected chi connectivity index (χ1v) is 8.71. The Morgan fingerprint density at radius 3 is 2.56 bits per heavy atom. The van der Waals surface area contributed by atoms with Crippen LogP contribution in [0.25, 0.3) is 0 Å². The van der Waals surface area contributed by atoms with Crippen molar-refractivity contribution in [2.75, 3.05) is 37.9 Å². The second-order valence-corrected chi connectivity index (χ2v) is 5.80. The van der Waals surface area contributed by atoms with Gasteiger partial charge in [-0.15, -0.1) is 0 Å². The molecule has 27 heavy (non-hydrogen) atoms. The van der Waals surface area contributed by atoms with Gasteiger partial charge in [0, 0.05) is 23.9 Å². The lowest BCUT2D eigenvalue weighted by Crippen LogP contribution is -2.25. The van der Waals surface area contributed by atoms with Crippen molar-refractivity contribution in [3.8, 4) is 11.5 Å². The maximum Gasteiger partial charge on any atom is 0.251 e. The number of hydrogen-bond donors (Lipinski definition) is 3. The molecule has 0 saturated heterocycles. The van der Waals surface area contributed by atoms with Gasteiger partial charge in [-0.1, -0.05) is 13.0 Å². The molecule has 2 aromatic rings. The van der Waals surface area contributed by atoms with E-state index in [1.807, 2.05) is 6.92 Å². The molecule has 7 nitrogen and oxygen atoms in total. The van der Waals surface area contributed by atoms with Crippen LogP contribution in [0.1, 0.15) is 23.7 Å². The van der Waals surface area contributed by atoms with Crippen molar-refractivity contribution >= 4 is 23.2 Å². The van der Waals surface area contributed by atoms with Crippen molar-refractivity contribution in [3.63, 3.8) is 0 Å². The van der Waals surface area contributed by atoms with Crippen LogP contribution in [0.4, 0.5) is 11.4 Å². The van der Waals surface area contributed by atoms with E-state index in [0.29, 0.717) is 35.0 Å². The minimum Gasteiger partial charge on any atom is -0.497 e. The lowest BCUT2D eigenvalue weighted by Gasteiger charge is -2.13. The fourth-order valence-electron chi connectivity index (χ4n) is 2.41. The van der Waals surface area contributed by atoms with E-state index >= 15 is 0 Å². The van der Waals surface area contributed by atoms with Crippen LogP contribution >= 0.6 is 0 Å². The summed E-state index contributed by atoms with van der Waals surface area (Å²) in [6.45, 7) is 2.64. The smallest absolute Gasteiger partial charge is 0.251 e. The molecular weight excluding hydrogens is 346 g/mol. The highest BCUT2D eigenvalue weighted by Crippen LogP contribution is 2.28. The van der Waals surface area contributed by atoms with Gasteiger partial charge in [0.05, 0.1) is 26.5 Å². The molecule has 2 aromatic carbocycles. The van der Waals surface area contributed by atoms with Gasteiger partial charge < -0.3 is 25.4 Å². The normalized spacial score (nSPS) is 10.0. The lowest BCUT2D eigenvalue weighted by molar-refractivity contribution is -0.114. The zero-order valence-corrected chi connectivity index (χ0v) is 15.8. The molecule has 7 heteroatoms. The molecule has 2 amide bonds. The second kappa shape index (κ2) is 10.1. The fourth-order valence-corrected chi connectivity index (χ4v) is 2.41. The van der Waals surface area contributed by atoms with Gasteiger partial charge >= 0.3 is 0 Å². The van der Waals surface area contributed by atoms with Crippen molar-refractivity contribution in [1.29, 1.82) is 0 Å². The molecule has 2 rings (SSSR count). The van der Waals surface area contributed by atoms with E-state index in [4.69, 9.17) is 9.47 Å². The average Bonchev–Trinajstić information content (AvgIpc) is 2.70. The molecule has 0 saturated carbocycles. The maximum atomic E-state index is 12.2. The van der Waals surface area contributed by atoms with Crippen LogP contribution in [0, 0.1) is 0 Å². The molecule has 0 spiro atoms. The molecule has 144 valence electrons. The van der Waals surface area contributed by atoms with Crippen molar-refractivity contribution in [2.45, 2.75) is 13.3 Å². The zero-order chi connectivity index (χ0) is 19.6. The van der Waals surface area contributed by atoms with Gasteiger partial charge in [-0.25, -0.2) is 0 Å². The number of carbonyl (C=O) groups excluding carboxylic acids is 2. The van der Waals surface area contributed by atoms with Crippen LogP contribution in [0.15, 0.2) is 42.5 Å². The highest BCUT2D eigenvalue weighted by Gasteiger charge is 2.09. The minimum atomic E-state index is -0.244. The first-order chi connectivity index (χ1) is 13.1. The summed E-state index contributed by atoms with van der Waals surface area (Å²) in [5.74, 6) is 0.862. The molecule has 0 aromatic heterocycles. The summed E-state index contributed by atoms with van der Waals surface area (Å²) in [6, 6.07) is 12.1. The summed E-state index contributed by atoms with van der Waals surface area (Å²) >= 11 is 0. The summed E-state index contributed by atoms with van der Waals surface area (Å²) in [5, 5.41) is 8.61. The second-order valence-electron chi connectivity index (χ2n) is 5.80. The Hall–Kier alpha value is -3.22. The van der Waals surface area contributed by atoms with E-state index in [-0.39, 0.29) is 18.4 Å². The number of carbonyl (C=O) groups is 2. The predicted molar refractivity (Wildman–Crippen MR) is 106 cm³/mol. The molecule has 0 fully saturated rings. The first-order valence-electron chi connectivity index (χ1n) is 8.71. The third-order valence-corrected chi connectivity index (χ3v) is 3.79. The van der Waals surface area contributed by atoms with E-state index in [0.717, 1.165) is 6.42 Å².